The Morgan fingerprint density at radius 3 is 2.14 bits per heavy atom. The van der Waals surface area contributed by atoms with Gasteiger partial charge in [0.1, 0.15) is 5.69 Å². The van der Waals surface area contributed by atoms with E-state index in [4.69, 9.17) is 28.3 Å². The largest absolute Gasteiger partial charge is 0.333 e. The second-order valence-corrected chi connectivity index (χ2v) is 9.58. The van der Waals surface area contributed by atoms with Crippen molar-refractivity contribution >= 4 is 29.1 Å². The van der Waals surface area contributed by atoms with Crippen LogP contribution in [0.4, 0.5) is 0 Å². The van der Waals surface area contributed by atoms with E-state index in [1.54, 1.807) is 16.8 Å². The Bertz CT molecular complexity index is 1500. The first kappa shape index (κ1) is 24.8. The third-order valence-electron chi connectivity index (χ3n) is 6.15. The van der Waals surface area contributed by atoms with Crippen LogP contribution in [0.3, 0.4) is 0 Å². The van der Waals surface area contributed by atoms with Crippen molar-refractivity contribution in [2.45, 2.75) is 13.0 Å². The van der Waals surface area contributed by atoms with Gasteiger partial charge in [0.25, 0.3) is 5.91 Å². The van der Waals surface area contributed by atoms with Gasteiger partial charge in [0, 0.05) is 23.7 Å². The van der Waals surface area contributed by atoms with Gasteiger partial charge >= 0.3 is 0 Å². The molecule has 0 radical (unpaired) electrons. The van der Waals surface area contributed by atoms with E-state index in [9.17, 15) is 4.79 Å². The van der Waals surface area contributed by atoms with Crippen LogP contribution in [0.15, 0.2) is 115 Å². The molecule has 0 bridgehead atoms. The van der Waals surface area contributed by atoms with E-state index in [0.717, 1.165) is 17.5 Å². The molecule has 0 saturated heterocycles. The van der Waals surface area contributed by atoms with Crippen molar-refractivity contribution in [1.82, 2.24) is 14.7 Å². The lowest BCUT2D eigenvalue weighted by atomic mass is 10.1. The fourth-order valence-electron chi connectivity index (χ4n) is 4.27. The SMILES string of the molecule is O=C(c1cc(-c2ccccc2Cl)nn1-c1cccc(Cl)c1)N(CCc1ccccc1)Cc1ccccc1. The van der Waals surface area contributed by atoms with E-state index < -0.39 is 0 Å². The number of carbonyl (C=O) groups excluding carboxylic acids is 1. The van der Waals surface area contributed by atoms with Crippen LogP contribution in [0.25, 0.3) is 16.9 Å². The summed E-state index contributed by atoms with van der Waals surface area (Å²) < 4.78 is 1.66. The highest BCUT2D eigenvalue weighted by Crippen LogP contribution is 2.29. The van der Waals surface area contributed by atoms with Crippen LogP contribution in [0.2, 0.25) is 10.0 Å². The zero-order chi connectivity index (χ0) is 25.6. The molecular formula is C31H25Cl2N3O. The molecule has 0 spiro atoms. The molecule has 0 unspecified atom stereocenters. The number of benzene rings is 4. The summed E-state index contributed by atoms with van der Waals surface area (Å²) in [7, 11) is 0. The summed E-state index contributed by atoms with van der Waals surface area (Å²) in [4.78, 5) is 16.1. The molecule has 0 atom stereocenters. The first-order valence-electron chi connectivity index (χ1n) is 12.1. The first-order valence-corrected chi connectivity index (χ1v) is 12.8. The minimum atomic E-state index is -0.120. The van der Waals surface area contributed by atoms with Crippen LogP contribution in [-0.4, -0.2) is 27.1 Å². The van der Waals surface area contributed by atoms with Gasteiger partial charge < -0.3 is 4.90 Å². The smallest absolute Gasteiger partial charge is 0.272 e. The molecule has 6 heteroatoms. The van der Waals surface area contributed by atoms with Crippen molar-refractivity contribution in [2.75, 3.05) is 6.54 Å². The Hall–Kier alpha value is -3.86. The predicted molar refractivity (Wildman–Crippen MR) is 150 cm³/mol. The van der Waals surface area contributed by atoms with E-state index >= 15 is 0 Å². The zero-order valence-corrected chi connectivity index (χ0v) is 21.6. The summed E-state index contributed by atoms with van der Waals surface area (Å²) in [5.41, 5.74) is 4.77. The average molecular weight is 526 g/mol. The number of hydrogen-bond donors (Lipinski definition) is 0. The van der Waals surface area contributed by atoms with Crippen molar-refractivity contribution in [3.8, 4) is 16.9 Å². The van der Waals surface area contributed by atoms with Gasteiger partial charge in [-0.2, -0.15) is 5.10 Å². The normalized spacial score (nSPS) is 10.9. The number of aromatic nitrogens is 2. The van der Waals surface area contributed by atoms with Crippen LogP contribution in [0, 0.1) is 0 Å². The van der Waals surface area contributed by atoms with Gasteiger partial charge in [-0.15, -0.1) is 0 Å². The lowest BCUT2D eigenvalue weighted by Crippen LogP contribution is -2.34. The third-order valence-corrected chi connectivity index (χ3v) is 6.71. The monoisotopic (exact) mass is 525 g/mol. The first-order chi connectivity index (χ1) is 18.1. The second-order valence-electron chi connectivity index (χ2n) is 8.73. The van der Waals surface area contributed by atoms with Crippen LogP contribution in [-0.2, 0) is 13.0 Å². The third kappa shape index (κ3) is 5.93. The summed E-state index contributed by atoms with van der Waals surface area (Å²) in [6.07, 6.45) is 0.738. The molecule has 1 amide bonds. The molecule has 5 aromatic rings. The minimum Gasteiger partial charge on any atom is -0.333 e. The summed E-state index contributed by atoms with van der Waals surface area (Å²) in [5.74, 6) is -0.120. The lowest BCUT2D eigenvalue weighted by Gasteiger charge is -2.23. The number of carbonyl (C=O) groups is 1. The zero-order valence-electron chi connectivity index (χ0n) is 20.1. The van der Waals surface area contributed by atoms with E-state index in [0.29, 0.717) is 40.2 Å². The van der Waals surface area contributed by atoms with Gasteiger partial charge in [-0.3, -0.25) is 4.79 Å². The number of halogens is 2. The van der Waals surface area contributed by atoms with Gasteiger partial charge in [-0.1, -0.05) is 108 Å². The summed E-state index contributed by atoms with van der Waals surface area (Å²) >= 11 is 12.8. The molecule has 0 aliphatic heterocycles. The van der Waals surface area contributed by atoms with Gasteiger partial charge in [0.05, 0.1) is 16.4 Å². The molecule has 1 aromatic heterocycles. The van der Waals surface area contributed by atoms with E-state index in [1.165, 1.54) is 5.56 Å². The van der Waals surface area contributed by atoms with Crippen molar-refractivity contribution in [2.24, 2.45) is 0 Å². The van der Waals surface area contributed by atoms with E-state index in [-0.39, 0.29) is 5.91 Å². The Labute approximate surface area is 226 Å². The Morgan fingerprint density at radius 1 is 0.757 bits per heavy atom. The van der Waals surface area contributed by atoms with Gasteiger partial charge in [0.15, 0.2) is 0 Å². The molecule has 0 N–H and O–H groups in total. The highest BCUT2D eigenvalue weighted by molar-refractivity contribution is 6.33. The number of amides is 1. The predicted octanol–water partition coefficient (Wildman–Crippen LogP) is 7.73. The summed E-state index contributed by atoms with van der Waals surface area (Å²) in [6, 6.07) is 36.8. The quantitative estimate of drug-likeness (QED) is 0.208. The maximum Gasteiger partial charge on any atom is 0.272 e. The molecule has 1 heterocycles. The Kier molecular flexibility index (Phi) is 7.69. The molecule has 0 saturated carbocycles. The summed E-state index contributed by atoms with van der Waals surface area (Å²) in [6.45, 7) is 1.04. The van der Waals surface area contributed by atoms with Crippen molar-refractivity contribution in [1.29, 1.82) is 0 Å². The number of rotatable bonds is 8. The van der Waals surface area contributed by atoms with Crippen LogP contribution in [0.5, 0.6) is 0 Å². The maximum atomic E-state index is 14.2. The number of nitrogens with zero attached hydrogens (tertiary/aromatic N) is 3. The molecule has 37 heavy (non-hydrogen) atoms. The molecule has 184 valence electrons. The van der Waals surface area contributed by atoms with Crippen molar-refractivity contribution in [3.05, 3.63) is 142 Å². The van der Waals surface area contributed by atoms with E-state index in [2.05, 4.69) is 12.1 Å². The van der Waals surface area contributed by atoms with Crippen LogP contribution >= 0.6 is 23.2 Å². The average Bonchev–Trinajstić information content (AvgIpc) is 3.37. The Morgan fingerprint density at radius 2 is 1.43 bits per heavy atom. The van der Waals surface area contributed by atoms with Gasteiger partial charge in [-0.05, 0) is 47.9 Å². The van der Waals surface area contributed by atoms with Crippen LogP contribution in [0.1, 0.15) is 21.6 Å². The molecular weight excluding hydrogens is 501 g/mol. The van der Waals surface area contributed by atoms with Crippen molar-refractivity contribution in [3.63, 3.8) is 0 Å². The molecule has 0 fully saturated rings. The second kappa shape index (κ2) is 11.5. The molecule has 0 aliphatic carbocycles. The van der Waals surface area contributed by atoms with Crippen LogP contribution < -0.4 is 0 Å². The maximum absolute atomic E-state index is 14.2. The Balaban J connectivity index is 1.56. The number of hydrogen-bond acceptors (Lipinski definition) is 2. The van der Waals surface area contributed by atoms with Gasteiger partial charge in [-0.25, -0.2) is 4.68 Å². The summed E-state index contributed by atoms with van der Waals surface area (Å²) in [5, 5.41) is 5.94. The molecule has 5 rings (SSSR count). The minimum absolute atomic E-state index is 0.120. The van der Waals surface area contributed by atoms with E-state index in [1.807, 2.05) is 95.9 Å². The standard InChI is InChI=1S/C31H25Cl2N3O/c32-25-14-9-15-26(20-25)36-30(21-29(34-36)27-16-7-8-17-28(27)33)31(37)35(22-24-12-5-2-6-13-24)19-18-23-10-3-1-4-11-23/h1-17,20-21H,18-19,22H2. The molecule has 0 aliphatic rings. The van der Waals surface area contributed by atoms with Crippen molar-refractivity contribution < 1.29 is 4.79 Å². The highest BCUT2D eigenvalue weighted by atomic mass is 35.5. The topological polar surface area (TPSA) is 38.1 Å². The molecule has 4 aromatic carbocycles. The fourth-order valence-corrected chi connectivity index (χ4v) is 4.68. The fraction of sp³-hybridized carbons (Fsp3) is 0.0968. The highest BCUT2D eigenvalue weighted by Gasteiger charge is 2.24. The molecule has 4 nitrogen and oxygen atoms in total. The lowest BCUT2D eigenvalue weighted by molar-refractivity contribution is 0.0736. The van der Waals surface area contributed by atoms with Gasteiger partial charge in [0.2, 0.25) is 0 Å².